The van der Waals surface area contributed by atoms with Crippen molar-refractivity contribution in [3.05, 3.63) is 48.5 Å². The molecule has 0 bridgehead atoms. The van der Waals surface area contributed by atoms with E-state index in [-0.39, 0.29) is 6.03 Å². The third kappa shape index (κ3) is 6.57. The fourth-order valence-corrected chi connectivity index (χ4v) is 3.15. The van der Waals surface area contributed by atoms with Gasteiger partial charge in [-0.25, -0.2) is 4.79 Å². The molecule has 2 aromatic carbocycles. The minimum Gasteiger partial charge on any atom is -0.494 e. The normalized spacial score (nSPS) is 14.3. The first-order valence-electron chi connectivity index (χ1n) is 10.1. The van der Waals surface area contributed by atoms with Crippen LogP contribution in [0.4, 0.5) is 16.2 Å². The van der Waals surface area contributed by atoms with Gasteiger partial charge >= 0.3 is 6.03 Å². The molecule has 2 amide bonds. The number of urea groups is 1. The van der Waals surface area contributed by atoms with Crippen molar-refractivity contribution < 1.29 is 14.3 Å². The van der Waals surface area contributed by atoms with E-state index in [9.17, 15) is 4.79 Å². The second kappa shape index (κ2) is 10.6. The highest BCUT2D eigenvalue weighted by Crippen LogP contribution is 2.20. The van der Waals surface area contributed by atoms with Crippen molar-refractivity contribution >= 4 is 17.4 Å². The molecular weight excluding hydrogens is 368 g/mol. The topological polar surface area (TPSA) is 66.1 Å². The van der Waals surface area contributed by atoms with E-state index in [0.29, 0.717) is 19.8 Å². The van der Waals surface area contributed by atoms with Gasteiger partial charge in [-0.3, -0.25) is 0 Å². The Morgan fingerprint density at radius 2 is 1.69 bits per heavy atom. The van der Waals surface area contributed by atoms with Crippen molar-refractivity contribution in [1.29, 1.82) is 0 Å². The molecule has 1 fully saturated rings. The molecule has 0 atom stereocenters. The molecule has 0 saturated carbocycles. The highest BCUT2D eigenvalue weighted by molar-refractivity contribution is 5.89. The Morgan fingerprint density at radius 1 is 1.00 bits per heavy atom. The Labute approximate surface area is 172 Å². The van der Waals surface area contributed by atoms with E-state index in [1.165, 1.54) is 5.69 Å². The first kappa shape index (κ1) is 20.8. The van der Waals surface area contributed by atoms with Crippen LogP contribution in [0.5, 0.6) is 11.5 Å². The lowest BCUT2D eigenvalue weighted by molar-refractivity contribution is 0.247. The third-order valence-corrected chi connectivity index (χ3v) is 4.77. The summed E-state index contributed by atoms with van der Waals surface area (Å²) in [5, 5.41) is 5.65. The average Bonchev–Trinajstić information content (AvgIpc) is 2.73. The SMILES string of the molecule is CCOc1cccc(OCCNC(=O)Nc2ccc(N3CCN(C)CC3)cc2)c1. The molecule has 0 aromatic heterocycles. The number of hydrogen-bond acceptors (Lipinski definition) is 5. The summed E-state index contributed by atoms with van der Waals surface area (Å²) in [6, 6.07) is 15.2. The van der Waals surface area contributed by atoms with Gasteiger partial charge < -0.3 is 29.9 Å². The first-order valence-corrected chi connectivity index (χ1v) is 10.1. The van der Waals surface area contributed by atoms with Crippen molar-refractivity contribution in [3.63, 3.8) is 0 Å². The minimum atomic E-state index is -0.246. The Kier molecular flexibility index (Phi) is 7.58. The summed E-state index contributed by atoms with van der Waals surface area (Å²) < 4.78 is 11.1. The highest BCUT2D eigenvalue weighted by Gasteiger charge is 2.14. The van der Waals surface area contributed by atoms with Crippen LogP contribution in [0.2, 0.25) is 0 Å². The molecular formula is C22H30N4O3. The zero-order chi connectivity index (χ0) is 20.5. The monoisotopic (exact) mass is 398 g/mol. The van der Waals surface area contributed by atoms with E-state index in [4.69, 9.17) is 9.47 Å². The zero-order valence-corrected chi connectivity index (χ0v) is 17.2. The summed E-state index contributed by atoms with van der Waals surface area (Å²) in [4.78, 5) is 16.8. The molecule has 29 heavy (non-hydrogen) atoms. The number of nitrogens with zero attached hydrogens (tertiary/aromatic N) is 2. The summed E-state index contributed by atoms with van der Waals surface area (Å²) >= 11 is 0. The summed E-state index contributed by atoms with van der Waals surface area (Å²) in [6.45, 7) is 7.53. The fraction of sp³-hybridized carbons (Fsp3) is 0.409. The van der Waals surface area contributed by atoms with E-state index < -0.39 is 0 Å². The van der Waals surface area contributed by atoms with Crippen molar-refractivity contribution in [2.45, 2.75) is 6.92 Å². The summed E-state index contributed by atoms with van der Waals surface area (Å²) in [5.41, 5.74) is 1.96. The van der Waals surface area contributed by atoms with E-state index >= 15 is 0 Å². The lowest BCUT2D eigenvalue weighted by Gasteiger charge is -2.34. The molecule has 0 unspecified atom stereocenters. The predicted molar refractivity (Wildman–Crippen MR) is 116 cm³/mol. The highest BCUT2D eigenvalue weighted by atomic mass is 16.5. The first-order chi connectivity index (χ1) is 14.1. The maximum atomic E-state index is 12.1. The lowest BCUT2D eigenvalue weighted by Crippen LogP contribution is -2.44. The second-order valence-corrected chi connectivity index (χ2v) is 6.97. The fourth-order valence-electron chi connectivity index (χ4n) is 3.15. The zero-order valence-electron chi connectivity index (χ0n) is 17.2. The second-order valence-electron chi connectivity index (χ2n) is 6.97. The molecule has 1 heterocycles. The maximum Gasteiger partial charge on any atom is 0.319 e. The largest absolute Gasteiger partial charge is 0.494 e. The number of ether oxygens (including phenoxy) is 2. The number of piperazine rings is 1. The van der Waals surface area contributed by atoms with E-state index in [2.05, 4.69) is 39.6 Å². The molecule has 7 nitrogen and oxygen atoms in total. The minimum absolute atomic E-state index is 0.246. The maximum absolute atomic E-state index is 12.1. The van der Waals surface area contributed by atoms with Crippen molar-refractivity contribution in [2.75, 3.05) is 63.2 Å². The van der Waals surface area contributed by atoms with Gasteiger partial charge in [0.25, 0.3) is 0 Å². The molecule has 0 spiro atoms. The van der Waals surface area contributed by atoms with E-state index in [1.807, 2.05) is 43.3 Å². The van der Waals surface area contributed by atoms with Crippen molar-refractivity contribution in [1.82, 2.24) is 10.2 Å². The molecule has 1 saturated heterocycles. The van der Waals surface area contributed by atoms with Crippen LogP contribution in [-0.2, 0) is 0 Å². The number of anilines is 2. The molecule has 2 aromatic rings. The Balaban J connectivity index is 1.37. The van der Waals surface area contributed by atoms with Gasteiger partial charge in [-0.15, -0.1) is 0 Å². The van der Waals surface area contributed by atoms with Gasteiger partial charge in [0.1, 0.15) is 18.1 Å². The molecule has 3 rings (SSSR count). The van der Waals surface area contributed by atoms with E-state index in [0.717, 1.165) is 43.4 Å². The number of likely N-dealkylation sites (N-methyl/N-ethyl adjacent to an activating group) is 1. The molecule has 7 heteroatoms. The Hall–Kier alpha value is -2.93. The standard InChI is InChI=1S/C22H30N4O3/c1-3-28-20-5-4-6-21(17-20)29-16-11-23-22(27)24-18-7-9-19(10-8-18)26-14-12-25(2)13-15-26/h4-10,17H,3,11-16H2,1-2H3,(H2,23,24,27). The van der Waals surface area contributed by atoms with E-state index in [1.54, 1.807) is 0 Å². The van der Waals surface area contributed by atoms with Gasteiger partial charge in [0.15, 0.2) is 0 Å². The summed E-state index contributed by atoms with van der Waals surface area (Å²) in [6.07, 6.45) is 0. The quantitative estimate of drug-likeness (QED) is 0.669. The van der Waals surface area contributed by atoms with Crippen LogP contribution in [0, 0.1) is 0 Å². The number of hydrogen-bond donors (Lipinski definition) is 2. The molecule has 1 aliphatic rings. The van der Waals surface area contributed by atoms with Crippen LogP contribution >= 0.6 is 0 Å². The molecule has 1 aliphatic heterocycles. The average molecular weight is 399 g/mol. The van der Waals surface area contributed by atoms with Crippen molar-refractivity contribution in [3.8, 4) is 11.5 Å². The number of rotatable bonds is 8. The Morgan fingerprint density at radius 3 is 2.38 bits per heavy atom. The van der Waals surface area contributed by atoms with Gasteiger partial charge in [-0.1, -0.05) is 6.07 Å². The van der Waals surface area contributed by atoms with Crippen LogP contribution < -0.4 is 25.0 Å². The molecule has 0 radical (unpaired) electrons. The van der Waals surface area contributed by atoms with Crippen LogP contribution in [0.15, 0.2) is 48.5 Å². The third-order valence-electron chi connectivity index (χ3n) is 4.77. The molecule has 0 aliphatic carbocycles. The predicted octanol–water partition coefficient (Wildman–Crippen LogP) is 3.04. The number of nitrogens with one attached hydrogen (secondary N) is 2. The summed E-state index contributed by atoms with van der Waals surface area (Å²) in [5.74, 6) is 1.49. The molecule has 156 valence electrons. The number of amides is 2. The smallest absolute Gasteiger partial charge is 0.319 e. The van der Waals surface area contributed by atoms with Gasteiger partial charge in [0.2, 0.25) is 0 Å². The molecule has 2 N–H and O–H groups in total. The number of benzene rings is 2. The number of carbonyl (C=O) groups excluding carboxylic acids is 1. The van der Waals surface area contributed by atoms with Crippen molar-refractivity contribution in [2.24, 2.45) is 0 Å². The van der Waals surface area contributed by atoms with Gasteiger partial charge in [0, 0.05) is 43.6 Å². The van der Waals surface area contributed by atoms with Crippen LogP contribution in [0.1, 0.15) is 6.92 Å². The van der Waals surface area contributed by atoms with Crippen LogP contribution in [0.25, 0.3) is 0 Å². The lowest BCUT2D eigenvalue weighted by atomic mass is 10.2. The van der Waals surface area contributed by atoms with Gasteiger partial charge in [-0.05, 0) is 50.4 Å². The summed E-state index contributed by atoms with van der Waals surface area (Å²) in [7, 11) is 2.14. The van der Waals surface area contributed by atoms with Gasteiger partial charge in [-0.2, -0.15) is 0 Å². The van der Waals surface area contributed by atoms with Crippen LogP contribution in [-0.4, -0.2) is 63.9 Å². The van der Waals surface area contributed by atoms with Crippen LogP contribution in [0.3, 0.4) is 0 Å². The van der Waals surface area contributed by atoms with Gasteiger partial charge in [0.05, 0.1) is 13.2 Å². The Bertz CT molecular complexity index is 774. The number of carbonyl (C=O) groups is 1.